The van der Waals surface area contributed by atoms with Crippen LogP contribution >= 0.6 is 0 Å². The fourth-order valence-corrected chi connectivity index (χ4v) is 3.47. The topological polar surface area (TPSA) is 3.24 Å². The van der Waals surface area contributed by atoms with Crippen molar-refractivity contribution < 1.29 is 0 Å². The number of para-hydroxylation sites is 2. The molecule has 132 valence electrons. The van der Waals surface area contributed by atoms with Crippen LogP contribution in [0, 0.1) is 6.92 Å². The monoisotopic (exact) mass is 349 g/mol. The number of rotatable bonds is 4. The highest BCUT2D eigenvalue weighted by molar-refractivity contribution is 5.83. The Bertz CT molecular complexity index is 1030. The van der Waals surface area contributed by atoms with Crippen LogP contribution in [0.3, 0.4) is 0 Å². The fraction of sp³-hybridized carbons (Fsp3) is 0.0769. The van der Waals surface area contributed by atoms with Gasteiger partial charge in [0.2, 0.25) is 0 Å². The Kier molecular flexibility index (Phi) is 4.76. The van der Waals surface area contributed by atoms with Gasteiger partial charge in [-0.1, -0.05) is 90.5 Å². The van der Waals surface area contributed by atoms with Crippen LogP contribution in [0.15, 0.2) is 103 Å². The van der Waals surface area contributed by atoms with E-state index < -0.39 is 0 Å². The van der Waals surface area contributed by atoms with Gasteiger partial charge in [0.25, 0.3) is 0 Å². The number of anilines is 2. The van der Waals surface area contributed by atoms with Gasteiger partial charge in [-0.3, -0.25) is 0 Å². The predicted octanol–water partition coefficient (Wildman–Crippen LogP) is 7.10. The smallest absolute Gasteiger partial charge is 0.0487 e. The van der Waals surface area contributed by atoms with Crippen molar-refractivity contribution in [1.29, 1.82) is 0 Å². The van der Waals surface area contributed by atoms with E-state index in [1.165, 1.54) is 39.2 Å². The van der Waals surface area contributed by atoms with Crippen molar-refractivity contribution in [2.24, 2.45) is 0 Å². The van der Waals surface area contributed by atoms with Crippen molar-refractivity contribution in [2.75, 3.05) is 11.9 Å². The molecule has 0 atom stereocenters. The molecule has 1 nitrogen and oxygen atoms in total. The Balaban J connectivity index is 1.70. The van der Waals surface area contributed by atoms with Gasteiger partial charge in [0.1, 0.15) is 0 Å². The summed E-state index contributed by atoms with van der Waals surface area (Å²) < 4.78 is 0. The van der Waals surface area contributed by atoms with E-state index in [2.05, 4.69) is 116 Å². The fourth-order valence-electron chi connectivity index (χ4n) is 3.47. The lowest BCUT2D eigenvalue weighted by Gasteiger charge is -2.23. The lowest BCUT2D eigenvalue weighted by atomic mass is 9.98. The van der Waals surface area contributed by atoms with Crippen LogP contribution in [-0.2, 0) is 0 Å². The molecule has 0 aliphatic carbocycles. The standard InChI is InChI=1S/C26H23N/c1-20-9-8-10-23(19-20)21-15-17-22(18-16-21)25-13-6-7-14-26(25)27(2)24-11-4-3-5-12-24/h3-19H,1-2H3. The molecular weight excluding hydrogens is 326 g/mol. The van der Waals surface area contributed by atoms with Gasteiger partial charge in [0.15, 0.2) is 0 Å². The Morgan fingerprint density at radius 3 is 1.96 bits per heavy atom. The van der Waals surface area contributed by atoms with Gasteiger partial charge in [-0.05, 0) is 41.8 Å². The maximum Gasteiger partial charge on any atom is 0.0487 e. The van der Waals surface area contributed by atoms with Gasteiger partial charge in [-0.15, -0.1) is 0 Å². The van der Waals surface area contributed by atoms with Crippen molar-refractivity contribution in [2.45, 2.75) is 6.92 Å². The summed E-state index contributed by atoms with van der Waals surface area (Å²) in [6.45, 7) is 2.13. The van der Waals surface area contributed by atoms with Gasteiger partial charge in [-0.25, -0.2) is 0 Å². The highest BCUT2D eigenvalue weighted by Crippen LogP contribution is 2.35. The lowest BCUT2D eigenvalue weighted by molar-refractivity contribution is 1.21. The second-order valence-corrected chi connectivity index (χ2v) is 6.86. The molecular formula is C26H23N. The summed E-state index contributed by atoms with van der Waals surface area (Å²) >= 11 is 0. The second-order valence-electron chi connectivity index (χ2n) is 6.86. The SMILES string of the molecule is Cc1cccc(-c2ccc(-c3ccccc3N(C)c3ccccc3)cc2)c1. The zero-order valence-electron chi connectivity index (χ0n) is 15.8. The van der Waals surface area contributed by atoms with Crippen LogP contribution in [0.25, 0.3) is 22.3 Å². The first kappa shape index (κ1) is 17.1. The third kappa shape index (κ3) is 3.63. The molecule has 0 saturated heterocycles. The third-order valence-electron chi connectivity index (χ3n) is 4.96. The van der Waals surface area contributed by atoms with Crippen LogP contribution in [0.1, 0.15) is 5.56 Å². The number of aryl methyl sites for hydroxylation is 1. The minimum atomic E-state index is 1.18. The number of hydrogen-bond donors (Lipinski definition) is 0. The van der Waals surface area contributed by atoms with Crippen molar-refractivity contribution in [3.8, 4) is 22.3 Å². The quantitative estimate of drug-likeness (QED) is 0.380. The molecule has 0 saturated carbocycles. The van der Waals surface area contributed by atoms with Crippen molar-refractivity contribution >= 4 is 11.4 Å². The van der Waals surface area contributed by atoms with E-state index in [0.29, 0.717) is 0 Å². The molecule has 0 radical (unpaired) electrons. The molecule has 0 heterocycles. The summed E-state index contributed by atoms with van der Waals surface area (Å²) in [4.78, 5) is 2.24. The average molecular weight is 349 g/mol. The van der Waals surface area contributed by atoms with Crippen molar-refractivity contribution in [3.63, 3.8) is 0 Å². The summed E-state index contributed by atoms with van der Waals surface area (Å²) in [6, 6.07) is 36.5. The van der Waals surface area contributed by atoms with E-state index in [0.717, 1.165) is 0 Å². The van der Waals surface area contributed by atoms with Gasteiger partial charge < -0.3 is 4.90 Å². The van der Waals surface area contributed by atoms with Gasteiger partial charge in [0.05, 0.1) is 0 Å². The summed E-state index contributed by atoms with van der Waals surface area (Å²) in [6.07, 6.45) is 0. The van der Waals surface area contributed by atoms with Crippen LogP contribution < -0.4 is 4.90 Å². The van der Waals surface area contributed by atoms with E-state index in [4.69, 9.17) is 0 Å². The Morgan fingerprint density at radius 2 is 1.22 bits per heavy atom. The molecule has 0 aliphatic rings. The molecule has 0 unspecified atom stereocenters. The molecule has 0 fully saturated rings. The lowest BCUT2D eigenvalue weighted by Crippen LogP contribution is -2.10. The Labute approximate surface area is 161 Å². The molecule has 0 aliphatic heterocycles. The molecule has 27 heavy (non-hydrogen) atoms. The summed E-state index contributed by atoms with van der Waals surface area (Å²) in [7, 11) is 2.12. The average Bonchev–Trinajstić information content (AvgIpc) is 2.74. The maximum atomic E-state index is 2.24. The van der Waals surface area contributed by atoms with Gasteiger partial charge >= 0.3 is 0 Å². The predicted molar refractivity (Wildman–Crippen MR) is 117 cm³/mol. The highest BCUT2D eigenvalue weighted by atomic mass is 15.1. The summed E-state index contributed by atoms with van der Waals surface area (Å²) in [5.74, 6) is 0. The van der Waals surface area contributed by atoms with E-state index >= 15 is 0 Å². The molecule has 4 rings (SSSR count). The normalized spacial score (nSPS) is 10.6. The van der Waals surface area contributed by atoms with Crippen LogP contribution in [0.2, 0.25) is 0 Å². The van der Waals surface area contributed by atoms with E-state index in [1.807, 2.05) is 6.07 Å². The zero-order chi connectivity index (χ0) is 18.6. The summed E-state index contributed by atoms with van der Waals surface area (Å²) in [5.41, 5.74) is 8.64. The number of hydrogen-bond acceptors (Lipinski definition) is 1. The second kappa shape index (κ2) is 7.51. The minimum absolute atomic E-state index is 1.18. The molecule has 1 heteroatoms. The molecule has 0 aromatic heterocycles. The molecule has 0 amide bonds. The van der Waals surface area contributed by atoms with E-state index in [-0.39, 0.29) is 0 Å². The number of benzene rings is 4. The Morgan fingerprint density at radius 1 is 0.556 bits per heavy atom. The van der Waals surface area contributed by atoms with Crippen LogP contribution in [-0.4, -0.2) is 7.05 Å². The van der Waals surface area contributed by atoms with Gasteiger partial charge in [-0.2, -0.15) is 0 Å². The highest BCUT2D eigenvalue weighted by Gasteiger charge is 2.10. The van der Waals surface area contributed by atoms with Crippen molar-refractivity contribution in [1.82, 2.24) is 0 Å². The molecule has 4 aromatic carbocycles. The summed E-state index contributed by atoms with van der Waals surface area (Å²) in [5, 5.41) is 0. The van der Waals surface area contributed by atoms with Crippen LogP contribution in [0.4, 0.5) is 11.4 Å². The largest absolute Gasteiger partial charge is 0.344 e. The van der Waals surface area contributed by atoms with Crippen LogP contribution in [0.5, 0.6) is 0 Å². The molecule has 0 spiro atoms. The maximum absolute atomic E-state index is 2.24. The molecule has 0 bridgehead atoms. The first-order valence-corrected chi connectivity index (χ1v) is 9.28. The molecule has 4 aromatic rings. The molecule has 0 N–H and O–H groups in total. The first-order valence-electron chi connectivity index (χ1n) is 9.28. The number of nitrogens with zero attached hydrogens (tertiary/aromatic N) is 1. The van der Waals surface area contributed by atoms with Crippen molar-refractivity contribution in [3.05, 3.63) is 109 Å². The Hall–Kier alpha value is -3.32. The minimum Gasteiger partial charge on any atom is -0.344 e. The first-order chi connectivity index (χ1) is 13.2. The van der Waals surface area contributed by atoms with Gasteiger partial charge in [0, 0.05) is 24.0 Å². The van der Waals surface area contributed by atoms with E-state index in [1.54, 1.807) is 0 Å². The van der Waals surface area contributed by atoms with E-state index in [9.17, 15) is 0 Å². The third-order valence-corrected chi connectivity index (χ3v) is 4.96. The zero-order valence-corrected chi connectivity index (χ0v) is 15.8.